The van der Waals surface area contributed by atoms with Gasteiger partial charge in [0.25, 0.3) is 3.45 Å². The maximum Gasteiger partial charge on any atom is 0.265 e. The van der Waals surface area contributed by atoms with E-state index in [4.69, 9.17) is 0 Å². The zero-order valence-electron chi connectivity index (χ0n) is 13.2. The first-order valence-corrected chi connectivity index (χ1v) is 26.9. The van der Waals surface area contributed by atoms with Crippen LogP contribution in [0.5, 0.6) is 0 Å². The second-order valence-corrected chi connectivity index (χ2v) is 64.9. The highest BCUT2D eigenvalue weighted by molar-refractivity contribution is 9.77. The molecule has 4 unspecified atom stereocenters. The molecule has 0 N–H and O–H groups in total. The molecule has 0 aromatic rings. The molecule has 0 aromatic carbocycles. The van der Waals surface area contributed by atoms with Gasteiger partial charge in [-0.3, -0.25) is 0 Å². The molecule has 0 radical (unpaired) electrons. The fraction of sp³-hybridized carbons (Fsp3) is 1.00. The van der Waals surface area contributed by atoms with E-state index < -0.39 is 15.4 Å². The molecule has 122 valence electrons. The smallest absolute Gasteiger partial charge is 0.128 e. The zero-order chi connectivity index (χ0) is 16.4. The van der Waals surface area contributed by atoms with Crippen molar-refractivity contribution in [3.8, 4) is 0 Å². The molecule has 0 saturated carbocycles. The third kappa shape index (κ3) is 4.17. The lowest BCUT2D eigenvalue weighted by Gasteiger charge is -2.52. The Hall–Kier alpha value is 3.05. The quantitative estimate of drug-likeness (QED) is 0.182. The van der Waals surface area contributed by atoms with Gasteiger partial charge >= 0.3 is 0 Å². The van der Waals surface area contributed by atoms with Crippen LogP contribution in [0, 0.1) is 0 Å². The summed E-state index contributed by atoms with van der Waals surface area (Å²) in [5.74, 6) is 0. The SMILES string of the molecule is CCC(C)[Si](Br)(C(C)CC)[Si](Br)(C(C)CC)[Si](Br)(Br)Br. The number of rotatable bonds is 8. The Bertz CT molecular complexity index is 300. The van der Waals surface area contributed by atoms with Gasteiger partial charge in [0.05, 0.1) is 0 Å². The highest BCUT2D eigenvalue weighted by Gasteiger charge is 2.68. The van der Waals surface area contributed by atoms with Gasteiger partial charge in [-0.2, -0.15) is 0 Å². The Morgan fingerprint density at radius 1 is 0.650 bits per heavy atom. The van der Waals surface area contributed by atoms with Gasteiger partial charge in [-0.25, -0.2) is 0 Å². The van der Waals surface area contributed by atoms with Crippen molar-refractivity contribution >= 4 is 91.9 Å². The summed E-state index contributed by atoms with van der Waals surface area (Å²) < 4.78 is -1.78. The minimum atomic E-state index is -1.78. The van der Waals surface area contributed by atoms with Crippen LogP contribution in [0.4, 0.5) is 0 Å². The van der Waals surface area contributed by atoms with E-state index in [-0.39, 0.29) is 0 Å². The molecule has 4 atom stereocenters. The lowest BCUT2D eigenvalue weighted by Crippen LogP contribution is -2.70. The predicted octanol–water partition coefficient (Wildman–Crippen LogP) is 8.35. The van der Waals surface area contributed by atoms with E-state index in [2.05, 4.69) is 118 Å². The van der Waals surface area contributed by atoms with Crippen LogP contribution in [-0.2, 0) is 0 Å². The Morgan fingerprint density at radius 3 is 1.15 bits per heavy atom. The van der Waals surface area contributed by atoms with Gasteiger partial charge < -0.3 is 0 Å². The average Bonchev–Trinajstić information content (AvgIpc) is 2.40. The van der Waals surface area contributed by atoms with Crippen LogP contribution in [0.2, 0.25) is 16.6 Å². The van der Waals surface area contributed by atoms with E-state index >= 15 is 0 Å². The summed E-state index contributed by atoms with van der Waals surface area (Å²) in [6.07, 6.45) is 2.12. The molecule has 0 rings (SSSR count). The van der Waals surface area contributed by atoms with Crippen LogP contribution < -0.4 is 0 Å². The van der Waals surface area contributed by atoms with Gasteiger partial charge in [-0.05, 0) is 16.6 Å². The second-order valence-electron chi connectivity index (χ2n) is 5.91. The van der Waals surface area contributed by atoms with Crippen molar-refractivity contribution in [1.29, 1.82) is 0 Å². The number of hydrogen-bond acceptors (Lipinski definition) is 0. The molecule has 0 heterocycles. The van der Waals surface area contributed by atoms with Crippen molar-refractivity contribution in [3.05, 3.63) is 0 Å². The minimum Gasteiger partial charge on any atom is -0.128 e. The summed E-state index contributed by atoms with van der Waals surface area (Å²) in [4.78, 5) is 0. The molecule has 0 nitrogen and oxygen atoms in total. The minimum absolute atomic E-state index is 0.737. The first kappa shape index (κ1) is 23.1. The first-order chi connectivity index (χ1) is 8.94. The summed E-state index contributed by atoms with van der Waals surface area (Å²) in [5.41, 5.74) is 0.568. The van der Waals surface area contributed by atoms with Gasteiger partial charge in [0, 0.05) is 0 Å². The van der Waals surface area contributed by atoms with Gasteiger partial charge in [-0.1, -0.05) is 107 Å². The van der Waals surface area contributed by atoms with Gasteiger partial charge in [0.1, 0.15) is 6.21 Å². The van der Waals surface area contributed by atoms with E-state index in [0.29, 0.717) is 0 Å². The molecule has 0 aliphatic carbocycles. The summed E-state index contributed by atoms with van der Waals surface area (Å²) in [5, 5.41) is 0. The molecular weight excluding hydrogens is 628 g/mol. The van der Waals surface area contributed by atoms with Crippen LogP contribution in [0.1, 0.15) is 60.8 Å². The summed E-state index contributed by atoms with van der Waals surface area (Å²) >= 11 is 21.0. The molecule has 0 aliphatic heterocycles. The molecule has 20 heavy (non-hydrogen) atoms. The maximum atomic E-state index is 4.43. The van der Waals surface area contributed by atoms with E-state index in [1.165, 1.54) is 19.3 Å². The van der Waals surface area contributed by atoms with Crippen molar-refractivity contribution in [2.75, 3.05) is 0 Å². The molecule has 0 bridgehead atoms. The van der Waals surface area contributed by atoms with Crippen molar-refractivity contribution in [1.82, 2.24) is 0 Å². The van der Waals surface area contributed by atoms with E-state index in [0.717, 1.165) is 16.6 Å². The molecular formula is C12H27Br5Si3. The van der Waals surface area contributed by atoms with E-state index in [1.54, 1.807) is 0 Å². The highest BCUT2D eigenvalue weighted by atomic mass is 80.0. The third-order valence-corrected chi connectivity index (χ3v) is 104. The Balaban J connectivity index is 6.17. The highest BCUT2D eigenvalue weighted by Crippen LogP contribution is 2.61. The zero-order valence-corrected chi connectivity index (χ0v) is 24.2. The Labute approximate surface area is 167 Å². The molecule has 8 heteroatoms. The van der Waals surface area contributed by atoms with Crippen LogP contribution in [-0.4, -0.2) is 15.4 Å². The molecule has 0 spiro atoms. The molecule has 0 saturated heterocycles. The van der Waals surface area contributed by atoms with E-state index in [1.807, 2.05) is 0 Å². The summed E-state index contributed by atoms with van der Waals surface area (Å²) in [6, 6.07) is 0. The molecule has 0 aromatic heterocycles. The largest absolute Gasteiger partial charge is 0.265 e. The topological polar surface area (TPSA) is 0 Å². The monoisotopic (exact) mass is 650 g/mol. The van der Waals surface area contributed by atoms with Crippen LogP contribution >= 0.6 is 76.5 Å². The standard InChI is InChI=1S/C12H27Br5Si3/c1-7-10(4)18(13,11(5)8-2)19(14,12(6)9-3)20(15,16)17/h10-12H,7-9H2,1-6H3. The van der Waals surface area contributed by atoms with Gasteiger partial charge in [0.15, 0.2) is 5.73 Å². The second kappa shape index (κ2) is 8.95. The summed E-state index contributed by atoms with van der Waals surface area (Å²) in [6.45, 7) is 14.4. The normalized spacial score (nSPS) is 23.6. The average molecular weight is 655 g/mol. The fourth-order valence-corrected chi connectivity index (χ4v) is 109. The molecule has 0 amide bonds. The fourth-order valence-electron chi connectivity index (χ4n) is 2.95. The number of hydrogen-bond donors (Lipinski definition) is 0. The molecule has 0 aliphatic rings. The van der Waals surface area contributed by atoms with Crippen LogP contribution in [0.3, 0.4) is 0 Å². The lowest BCUT2D eigenvalue weighted by molar-refractivity contribution is 0.784. The maximum absolute atomic E-state index is 4.43. The van der Waals surface area contributed by atoms with Gasteiger partial charge in [-0.15, -0.1) is 30.6 Å². The molecule has 0 fully saturated rings. The first-order valence-electron chi connectivity index (χ1n) is 7.39. The summed E-state index contributed by atoms with van der Waals surface area (Å²) in [7, 11) is 0. The lowest BCUT2D eigenvalue weighted by atomic mass is 10.4. The van der Waals surface area contributed by atoms with Crippen molar-refractivity contribution in [3.63, 3.8) is 0 Å². The van der Waals surface area contributed by atoms with Crippen molar-refractivity contribution in [2.45, 2.75) is 77.4 Å². The van der Waals surface area contributed by atoms with Gasteiger partial charge in [0.2, 0.25) is 0 Å². The third-order valence-electron chi connectivity index (χ3n) is 4.92. The Morgan fingerprint density at radius 2 is 0.950 bits per heavy atom. The van der Waals surface area contributed by atoms with Crippen LogP contribution in [0.15, 0.2) is 0 Å². The van der Waals surface area contributed by atoms with Crippen molar-refractivity contribution in [2.24, 2.45) is 0 Å². The van der Waals surface area contributed by atoms with E-state index in [9.17, 15) is 0 Å². The van der Waals surface area contributed by atoms with Crippen LogP contribution in [0.25, 0.3) is 0 Å². The number of halogens is 5. The van der Waals surface area contributed by atoms with Crippen molar-refractivity contribution < 1.29 is 0 Å². The predicted molar refractivity (Wildman–Crippen MR) is 121 cm³/mol. The Kier molecular flexibility index (Phi) is 10.3.